The number of halogens is 1. The standard InChI is InChI=1S/C35H33BrO9/c1-38-24-13-21-12-23(32(36)34(43-6)30(21)27(17-24)41-4)19-45-35(37)31-28(44-18-20-10-8-7-9-11-20)15-22-14-25(39-2)16-26(40-3)29(22)33(31)42-5/h7-17H,18-19H2,1-6H3. The van der Waals surface area contributed by atoms with Crippen LogP contribution in [-0.2, 0) is 18.0 Å². The predicted octanol–water partition coefficient (Wildman–Crippen LogP) is 7.74. The van der Waals surface area contributed by atoms with Gasteiger partial charge in [-0.15, -0.1) is 0 Å². The maximum absolute atomic E-state index is 14.0. The van der Waals surface area contributed by atoms with Gasteiger partial charge in [0, 0.05) is 17.7 Å². The summed E-state index contributed by atoms with van der Waals surface area (Å²) in [7, 11) is 9.33. The van der Waals surface area contributed by atoms with Gasteiger partial charge < -0.3 is 37.9 Å². The molecule has 234 valence electrons. The van der Waals surface area contributed by atoms with Crippen LogP contribution in [0.1, 0.15) is 21.5 Å². The van der Waals surface area contributed by atoms with E-state index in [2.05, 4.69) is 15.9 Å². The molecule has 5 aromatic carbocycles. The van der Waals surface area contributed by atoms with Crippen LogP contribution in [0.4, 0.5) is 0 Å². The molecular formula is C35H33BrO9. The third kappa shape index (κ3) is 6.23. The lowest BCUT2D eigenvalue weighted by molar-refractivity contribution is 0.0463. The summed E-state index contributed by atoms with van der Waals surface area (Å²) in [5.74, 6) is 2.66. The summed E-state index contributed by atoms with van der Waals surface area (Å²) in [6.07, 6.45) is 0. The number of benzene rings is 5. The van der Waals surface area contributed by atoms with Crippen LogP contribution in [0.2, 0.25) is 0 Å². The molecule has 5 rings (SSSR count). The van der Waals surface area contributed by atoms with Crippen LogP contribution in [0, 0.1) is 0 Å². The van der Waals surface area contributed by atoms with Crippen molar-refractivity contribution in [1.82, 2.24) is 0 Å². The first-order valence-corrected chi connectivity index (χ1v) is 14.7. The largest absolute Gasteiger partial charge is 0.497 e. The Morgan fingerprint density at radius 2 is 1.20 bits per heavy atom. The van der Waals surface area contributed by atoms with Gasteiger partial charge in [-0.1, -0.05) is 30.3 Å². The van der Waals surface area contributed by atoms with Crippen molar-refractivity contribution < 1.29 is 42.7 Å². The normalized spacial score (nSPS) is 10.8. The molecule has 0 N–H and O–H groups in total. The van der Waals surface area contributed by atoms with Crippen molar-refractivity contribution in [3.8, 4) is 40.2 Å². The second-order valence-electron chi connectivity index (χ2n) is 9.87. The zero-order valence-corrected chi connectivity index (χ0v) is 27.4. The highest BCUT2D eigenvalue weighted by molar-refractivity contribution is 9.10. The third-order valence-corrected chi connectivity index (χ3v) is 8.23. The van der Waals surface area contributed by atoms with Crippen molar-refractivity contribution in [2.24, 2.45) is 0 Å². The second-order valence-corrected chi connectivity index (χ2v) is 10.7. The van der Waals surface area contributed by atoms with E-state index in [-0.39, 0.29) is 30.3 Å². The summed E-state index contributed by atoms with van der Waals surface area (Å²) in [6, 6.07) is 20.5. The average molecular weight is 678 g/mol. The van der Waals surface area contributed by atoms with E-state index in [4.69, 9.17) is 37.9 Å². The first-order chi connectivity index (χ1) is 21.9. The number of rotatable bonds is 12. The zero-order chi connectivity index (χ0) is 32.1. The molecule has 0 aliphatic rings. The molecule has 0 bridgehead atoms. The van der Waals surface area contributed by atoms with Crippen molar-refractivity contribution >= 4 is 43.4 Å². The molecule has 0 aliphatic carbocycles. The summed E-state index contributed by atoms with van der Waals surface area (Å²) in [5, 5.41) is 2.81. The molecule has 0 unspecified atom stereocenters. The molecule has 0 spiro atoms. The van der Waals surface area contributed by atoms with Gasteiger partial charge in [-0.25, -0.2) is 4.79 Å². The first-order valence-electron chi connectivity index (χ1n) is 13.9. The SMILES string of the molecule is COc1cc(OC)c2c(OC)c(Br)c(COC(=O)c3c(OCc4ccccc4)cc4cc(OC)cc(OC)c4c3OC)cc2c1. The average Bonchev–Trinajstić information content (AvgIpc) is 3.08. The van der Waals surface area contributed by atoms with Crippen molar-refractivity contribution in [1.29, 1.82) is 0 Å². The second kappa shape index (κ2) is 13.9. The molecule has 0 amide bonds. The Balaban J connectivity index is 1.59. The van der Waals surface area contributed by atoms with Gasteiger partial charge >= 0.3 is 5.97 Å². The van der Waals surface area contributed by atoms with Gasteiger partial charge in [0.15, 0.2) is 0 Å². The summed E-state index contributed by atoms with van der Waals surface area (Å²) < 4.78 is 46.6. The van der Waals surface area contributed by atoms with Crippen LogP contribution >= 0.6 is 15.9 Å². The van der Waals surface area contributed by atoms with Crippen LogP contribution in [-0.4, -0.2) is 48.6 Å². The van der Waals surface area contributed by atoms with Crippen LogP contribution < -0.4 is 33.2 Å². The molecule has 0 fully saturated rings. The van der Waals surface area contributed by atoms with Gasteiger partial charge in [0.1, 0.15) is 59.0 Å². The maximum atomic E-state index is 14.0. The van der Waals surface area contributed by atoms with Gasteiger partial charge in [-0.2, -0.15) is 0 Å². The summed E-state index contributed by atoms with van der Waals surface area (Å²) in [4.78, 5) is 14.0. The minimum Gasteiger partial charge on any atom is -0.497 e. The van der Waals surface area contributed by atoms with E-state index in [9.17, 15) is 4.79 Å². The van der Waals surface area contributed by atoms with Crippen LogP contribution in [0.25, 0.3) is 21.5 Å². The molecule has 0 radical (unpaired) electrons. The molecule has 0 atom stereocenters. The fraction of sp³-hybridized carbons (Fsp3) is 0.229. The highest BCUT2D eigenvalue weighted by atomic mass is 79.9. The van der Waals surface area contributed by atoms with Crippen molar-refractivity contribution in [2.75, 3.05) is 42.7 Å². The first kappa shape index (κ1) is 31.6. The fourth-order valence-corrected chi connectivity index (χ4v) is 5.80. The minimum absolute atomic E-state index is 0.0930. The Bertz CT molecular complexity index is 1850. The van der Waals surface area contributed by atoms with E-state index >= 15 is 0 Å². The van der Waals surface area contributed by atoms with E-state index in [0.29, 0.717) is 49.6 Å². The molecule has 5 aromatic rings. The maximum Gasteiger partial charge on any atom is 0.346 e. The number of hydrogen-bond acceptors (Lipinski definition) is 9. The smallest absolute Gasteiger partial charge is 0.346 e. The van der Waals surface area contributed by atoms with Crippen LogP contribution in [0.15, 0.2) is 71.2 Å². The van der Waals surface area contributed by atoms with E-state index < -0.39 is 5.97 Å². The zero-order valence-electron chi connectivity index (χ0n) is 25.8. The summed E-state index contributed by atoms with van der Waals surface area (Å²) in [5.41, 5.74) is 1.71. The van der Waals surface area contributed by atoms with Gasteiger partial charge in [0.05, 0.1) is 57.9 Å². The van der Waals surface area contributed by atoms with Crippen molar-refractivity contribution in [3.05, 3.63) is 87.9 Å². The number of carbonyl (C=O) groups excluding carboxylic acids is 1. The quantitative estimate of drug-likeness (QED) is 0.123. The topological polar surface area (TPSA) is 90.9 Å². The fourth-order valence-electron chi connectivity index (χ4n) is 5.21. The molecule has 45 heavy (non-hydrogen) atoms. The number of esters is 1. The van der Waals surface area contributed by atoms with Crippen molar-refractivity contribution in [3.63, 3.8) is 0 Å². The summed E-state index contributed by atoms with van der Waals surface area (Å²) in [6.45, 7) is 0.123. The van der Waals surface area contributed by atoms with E-state index in [0.717, 1.165) is 16.3 Å². The van der Waals surface area contributed by atoms with Gasteiger partial charge in [-0.05, 0) is 56.5 Å². The van der Waals surface area contributed by atoms with Gasteiger partial charge in [0.25, 0.3) is 0 Å². The molecule has 0 saturated carbocycles. The lowest BCUT2D eigenvalue weighted by atomic mass is 10.0. The Labute approximate surface area is 269 Å². The molecule has 0 aliphatic heterocycles. The van der Waals surface area contributed by atoms with Gasteiger partial charge in [-0.3, -0.25) is 0 Å². The molecular weight excluding hydrogens is 644 g/mol. The number of hydrogen-bond donors (Lipinski definition) is 0. The van der Waals surface area contributed by atoms with Crippen LogP contribution in [0.3, 0.4) is 0 Å². The summed E-state index contributed by atoms with van der Waals surface area (Å²) >= 11 is 3.65. The van der Waals surface area contributed by atoms with Gasteiger partial charge in [0.2, 0.25) is 0 Å². The van der Waals surface area contributed by atoms with E-state index in [1.165, 1.54) is 7.11 Å². The van der Waals surface area contributed by atoms with Crippen molar-refractivity contribution in [2.45, 2.75) is 13.2 Å². The molecule has 0 heterocycles. The molecule has 0 saturated heterocycles. The molecule has 9 nitrogen and oxygen atoms in total. The number of carbonyl (C=O) groups is 1. The van der Waals surface area contributed by atoms with Crippen LogP contribution in [0.5, 0.6) is 40.2 Å². The third-order valence-electron chi connectivity index (χ3n) is 7.36. The minimum atomic E-state index is -0.649. The molecule has 10 heteroatoms. The Kier molecular flexibility index (Phi) is 9.73. The monoisotopic (exact) mass is 676 g/mol. The number of fused-ring (bicyclic) bond motifs is 2. The van der Waals surface area contributed by atoms with E-state index in [1.54, 1.807) is 53.7 Å². The molecule has 0 aromatic heterocycles. The van der Waals surface area contributed by atoms with E-state index in [1.807, 2.05) is 48.5 Å². The lowest BCUT2D eigenvalue weighted by Crippen LogP contribution is -2.11. The highest BCUT2D eigenvalue weighted by Crippen LogP contribution is 2.46. The predicted molar refractivity (Wildman–Crippen MR) is 175 cm³/mol. The Morgan fingerprint density at radius 3 is 1.76 bits per heavy atom. The lowest BCUT2D eigenvalue weighted by Gasteiger charge is -2.20. The Hall–Kier alpha value is -4.83. The Morgan fingerprint density at radius 1 is 0.622 bits per heavy atom. The number of ether oxygens (including phenoxy) is 8. The number of methoxy groups -OCH3 is 6. The highest BCUT2D eigenvalue weighted by Gasteiger charge is 2.27.